The van der Waals surface area contributed by atoms with E-state index in [2.05, 4.69) is 745 Å². The lowest BCUT2D eigenvalue weighted by molar-refractivity contribution is 0.618. The molecule has 0 aliphatic heterocycles. The SMILES string of the molecule is I[C](I)C(I)(I)C(I)(I)C(I)(I)C(I)(I)C(I)(I)C(I)(I)C(I)(I)C(I)(I)C(I)(I)C(I)(I)C(I)(I)C(I)(I)C(I)(I)C(I)(I)C(I)(I)I. The van der Waals surface area contributed by atoms with E-state index in [-0.39, 0.29) is 19.4 Å². The van der Waals surface area contributed by atoms with Gasteiger partial charge in [-0.25, -0.2) is 0 Å². The van der Waals surface area contributed by atoms with E-state index in [9.17, 15) is 0 Å². The molecule has 0 saturated carbocycles. The molecule has 0 aliphatic carbocycles. The van der Waals surface area contributed by atoms with Gasteiger partial charge < -0.3 is 0 Å². The lowest BCUT2D eigenvalue weighted by atomic mass is 10.0. The van der Waals surface area contributed by atoms with Crippen LogP contribution in [-0.4, -0.2) is 19.4 Å². The first-order chi connectivity index (χ1) is 20.4. The second-order valence-corrected chi connectivity index (χ2v) is 98.3. The third-order valence-corrected chi connectivity index (χ3v) is 119. The molecule has 0 aromatic carbocycles. The highest BCUT2D eigenvalue weighted by Gasteiger charge is 2.82. The van der Waals surface area contributed by atoms with Crippen molar-refractivity contribution in [3.63, 3.8) is 0 Å². The molecule has 0 aliphatic rings. The van der Waals surface area contributed by atoms with Crippen molar-refractivity contribution in [2.75, 3.05) is 0 Å². The zero-order valence-corrected chi connectivity index (χ0v) is 91.7. The lowest BCUT2D eigenvalue weighted by Gasteiger charge is -2.62. The van der Waals surface area contributed by atoms with Crippen LogP contribution in [0.2, 0.25) is 0 Å². The summed E-state index contributed by atoms with van der Waals surface area (Å²) in [5, 5.41) is 0. The fraction of sp³-hybridized carbons (Fsp3) is 0.938. The summed E-state index contributed by atoms with van der Waals surface area (Å²) in [4.78, 5) is 0. The molecule has 0 spiro atoms. The van der Waals surface area contributed by atoms with Crippen molar-refractivity contribution in [1.82, 2.24) is 0 Å². The van der Waals surface area contributed by atoms with Gasteiger partial charge in [-0.05, 0) is 0 Å². The van der Waals surface area contributed by atoms with Crippen molar-refractivity contribution < 1.29 is 0 Å². The minimum atomic E-state index is -0.227. The maximum Gasteiger partial charge on any atom is 0.149 e. The molecule has 0 amide bonds. The van der Waals surface area contributed by atoms with Gasteiger partial charge in [0.1, 0.15) is 21.4 Å². The number of halogens is 33. The minimum Gasteiger partial charge on any atom is -0.0623 e. The average Bonchev–Trinajstić information content (AvgIpc) is 2.86. The Kier molecular flexibility index (Phi) is 39.6. The summed E-state index contributed by atoms with van der Waals surface area (Å²) in [5.41, 5.74) is 0. The Hall–Kier alpha value is 24.1. The van der Waals surface area contributed by atoms with Gasteiger partial charge in [0.05, 0.1) is 0 Å². The molecule has 0 bridgehead atoms. The maximum absolute atomic E-state index is 2.85. The fourth-order valence-corrected chi connectivity index (χ4v) is 55.4. The molecule has 0 saturated heterocycles. The van der Waals surface area contributed by atoms with Gasteiger partial charge in [0, 0.05) is 0 Å². The Labute approximate surface area is 740 Å². The molecule has 49 heavy (non-hydrogen) atoms. The van der Waals surface area contributed by atoms with Gasteiger partial charge in [-0.3, -0.25) is 0 Å². The topological polar surface area (TPSA) is 0 Å². The van der Waals surface area contributed by atoms with E-state index in [1.165, 1.54) is 1.93 Å². The van der Waals surface area contributed by atoms with Crippen molar-refractivity contribution in [1.29, 1.82) is 0 Å². The van der Waals surface area contributed by atoms with Crippen molar-refractivity contribution >= 4 is 745 Å². The van der Waals surface area contributed by atoms with Crippen LogP contribution in [0.15, 0.2) is 0 Å². The van der Waals surface area contributed by atoms with Crippen LogP contribution < -0.4 is 0 Å². The van der Waals surface area contributed by atoms with Gasteiger partial charge in [0.15, 0.2) is 0 Å². The number of alkyl halides is 31. The van der Waals surface area contributed by atoms with Crippen molar-refractivity contribution in [3.8, 4) is 0 Å². The molecule has 295 valence electrons. The first kappa shape index (κ1) is 73.1. The summed E-state index contributed by atoms with van der Waals surface area (Å²) in [5.74, 6) is 0. The minimum absolute atomic E-state index is 0.00809. The highest BCUT2D eigenvalue weighted by molar-refractivity contribution is 14.3. The van der Waals surface area contributed by atoms with Crippen LogP contribution in [0.3, 0.4) is 0 Å². The molecule has 33 heteroatoms. The smallest absolute Gasteiger partial charge is 0.0623 e. The van der Waals surface area contributed by atoms with Gasteiger partial charge in [-0.1, -0.05) is 745 Å². The Bertz CT molecular complexity index is 1190. The van der Waals surface area contributed by atoms with E-state index < -0.39 is 0 Å². The number of hydrogen-bond acceptors (Lipinski definition) is 0. The van der Waals surface area contributed by atoms with E-state index in [4.69, 9.17) is 0 Å². The van der Waals surface area contributed by atoms with Gasteiger partial charge in [0.2, 0.25) is 0 Å². The van der Waals surface area contributed by atoms with Crippen molar-refractivity contribution in [3.05, 3.63) is 1.93 Å². The molecular formula is C16I33. The number of hydrogen-bond donors (Lipinski definition) is 0. The summed E-state index contributed by atoms with van der Waals surface area (Å²) in [6.07, 6.45) is 0. The van der Waals surface area contributed by atoms with Crippen LogP contribution in [0.25, 0.3) is 0 Å². The van der Waals surface area contributed by atoms with E-state index in [0.29, 0.717) is 0 Å². The average molecular weight is 4380 g/mol. The third kappa shape index (κ3) is 14.5. The van der Waals surface area contributed by atoms with E-state index >= 15 is 0 Å². The molecular weight excluding hydrogens is 4380 g/mol. The molecule has 0 nitrogen and oxygen atoms in total. The largest absolute Gasteiger partial charge is 0.149 e. The highest BCUT2D eigenvalue weighted by atomic mass is 127. The molecule has 0 atom stereocenters. The lowest BCUT2D eigenvalue weighted by Crippen LogP contribution is -2.72. The fourth-order valence-electron chi connectivity index (χ4n) is 2.66. The second-order valence-electron chi connectivity index (χ2n) is 8.80. The first-order valence-electron chi connectivity index (χ1n) is 9.99. The quantitative estimate of drug-likeness (QED) is 0.113. The van der Waals surface area contributed by atoms with Gasteiger partial charge in [-0.2, -0.15) is 0 Å². The highest BCUT2D eigenvalue weighted by Crippen LogP contribution is 2.84. The Morgan fingerprint density at radius 2 is 0.306 bits per heavy atom. The summed E-state index contributed by atoms with van der Waals surface area (Å²) < 4.78 is -0.974. The summed E-state index contributed by atoms with van der Waals surface area (Å²) in [6.45, 7) is 0. The van der Waals surface area contributed by atoms with Gasteiger partial charge in [-0.15, -0.1) is 0 Å². The van der Waals surface area contributed by atoms with Crippen molar-refractivity contribution in [2.24, 2.45) is 0 Å². The Morgan fingerprint density at radius 1 is 0.184 bits per heavy atom. The molecule has 0 aromatic rings. The Balaban J connectivity index is 7.66. The molecule has 0 rings (SSSR count). The molecule has 0 heterocycles. The first-order valence-corrected chi connectivity index (χ1v) is 45.6. The van der Waals surface area contributed by atoms with Crippen LogP contribution in [0.4, 0.5) is 0 Å². The van der Waals surface area contributed by atoms with Crippen LogP contribution in [-0.2, 0) is 0 Å². The molecule has 0 unspecified atom stereocenters. The third-order valence-electron chi connectivity index (χ3n) is 5.72. The van der Waals surface area contributed by atoms with Gasteiger partial charge in [0.25, 0.3) is 0 Å². The maximum atomic E-state index is 2.85. The zero-order valence-electron chi connectivity index (χ0n) is 20.5. The zero-order chi connectivity index (χ0) is 41.1. The molecule has 0 fully saturated rings. The number of rotatable bonds is 15. The second kappa shape index (κ2) is 26.6. The predicted octanol–water partition coefficient (Wildman–Crippen LogP) is 26.2. The van der Waals surface area contributed by atoms with Gasteiger partial charge >= 0.3 is 0 Å². The Morgan fingerprint density at radius 3 is 0.429 bits per heavy atom. The van der Waals surface area contributed by atoms with Crippen LogP contribution in [0.5, 0.6) is 0 Å². The van der Waals surface area contributed by atoms with Crippen molar-refractivity contribution in [2.45, 2.75) is 19.4 Å². The normalized spacial score (nSPS) is 17.3. The molecule has 1 radical (unpaired) electrons. The standard InChI is InChI=1S/C16I33/c17-1(18)2(19,20)3(21,22)4(23,24)5(25,26)6(27,28)7(29,30)8(31,32)9(33,34)10(35,36)11(37,38)12(39,40)13(41,42)14(43,44)15(45,46)16(47,48)49. The van der Waals surface area contributed by atoms with E-state index in [0.717, 1.165) is 0 Å². The molecule has 0 aromatic heterocycles. The van der Waals surface area contributed by atoms with Crippen LogP contribution in [0, 0.1) is 1.93 Å². The van der Waals surface area contributed by atoms with Crippen LogP contribution in [0.1, 0.15) is 0 Å². The van der Waals surface area contributed by atoms with E-state index in [1.54, 1.807) is 0 Å². The molecule has 0 N–H and O–H groups in total. The summed E-state index contributed by atoms with van der Waals surface area (Å²) in [7, 11) is 0. The van der Waals surface area contributed by atoms with Crippen LogP contribution >= 0.6 is 745 Å². The predicted molar refractivity (Wildman–Crippen MR) is 507 cm³/mol. The monoisotopic (exact) mass is 4380 g/mol. The van der Waals surface area contributed by atoms with E-state index in [1.807, 2.05) is 0 Å². The summed E-state index contributed by atoms with van der Waals surface area (Å²) >= 11 is 91.4. The summed E-state index contributed by atoms with van der Waals surface area (Å²) in [6, 6.07) is 0.